The summed E-state index contributed by atoms with van der Waals surface area (Å²) in [5.41, 5.74) is 2.15. The average molecular weight is 292 g/mol. The second kappa shape index (κ2) is 6.15. The zero-order valence-corrected chi connectivity index (χ0v) is 12.6. The molecule has 2 aliphatic rings. The molecule has 1 aliphatic carbocycles. The van der Waals surface area contributed by atoms with E-state index >= 15 is 0 Å². The number of nitrogens with zero attached hydrogens (tertiary/aromatic N) is 3. The molecule has 1 aromatic rings. The van der Waals surface area contributed by atoms with E-state index in [4.69, 9.17) is 11.6 Å². The van der Waals surface area contributed by atoms with Crippen molar-refractivity contribution in [1.82, 2.24) is 14.8 Å². The van der Waals surface area contributed by atoms with Crippen LogP contribution < -0.4 is 0 Å². The highest BCUT2D eigenvalue weighted by atomic mass is 35.5. The molecule has 2 heterocycles. The smallest absolute Gasteiger partial charge is 0.129 e. The summed E-state index contributed by atoms with van der Waals surface area (Å²) in [4.78, 5) is 9.21. The van der Waals surface area contributed by atoms with E-state index in [1.807, 2.05) is 18.3 Å². The lowest BCUT2D eigenvalue weighted by atomic mass is 9.91. The first-order valence-corrected chi connectivity index (χ1v) is 7.91. The van der Waals surface area contributed by atoms with Crippen molar-refractivity contribution in [3.8, 4) is 0 Å². The highest BCUT2D eigenvalue weighted by molar-refractivity contribution is 6.29. The molecule has 0 atom stereocenters. The van der Waals surface area contributed by atoms with Crippen molar-refractivity contribution >= 4 is 17.3 Å². The Morgan fingerprint density at radius 2 is 2.00 bits per heavy atom. The summed E-state index contributed by atoms with van der Waals surface area (Å²) in [6, 6.07) is 4.69. The van der Waals surface area contributed by atoms with Crippen LogP contribution in [-0.4, -0.2) is 47.0 Å². The van der Waals surface area contributed by atoms with Gasteiger partial charge in [0, 0.05) is 49.7 Å². The molecule has 1 aliphatic heterocycles. The van der Waals surface area contributed by atoms with Crippen LogP contribution in [0.25, 0.3) is 5.70 Å². The maximum absolute atomic E-state index is 5.84. The van der Waals surface area contributed by atoms with Crippen LogP contribution >= 0.6 is 11.6 Å². The largest absolute Gasteiger partial charge is 0.370 e. The zero-order valence-electron chi connectivity index (χ0n) is 11.9. The predicted molar refractivity (Wildman–Crippen MR) is 83.7 cm³/mol. The number of aromatic nitrogens is 1. The van der Waals surface area contributed by atoms with Crippen LogP contribution in [0.15, 0.2) is 24.9 Å². The summed E-state index contributed by atoms with van der Waals surface area (Å²) in [5, 5.41) is 0.536. The van der Waals surface area contributed by atoms with E-state index in [9.17, 15) is 0 Å². The van der Waals surface area contributed by atoms with Gasteiger partial charge in [-0.25, -0.2) is 4.98 Å². The van der Waals surface area contributed by atoms with Crippen LogP contribution in [0.1, 0.15) is 31.2 Å². The molecule has 1 saturated carbocycles. The molecule has 3 rings (SSSR count). The molecule has 3 nitrogen and oxygen atoms in total. The Balaban J connectivity index is 1.62. The summed E-state index contributed by atoms with van der Waals surface area (Å²) in [6.45, 7) is 8.79. The van der Waals surface area contributed by atoms with Crippen molar-refractivity contribution in [3.05, 3.63) is 35.6 Å². The fourth-order valence-electron chi connectivity index (χ4n) is 3.05. The summed E-state index contributed by atoms with van der Waals surface area (Å²) < 4.78 is 0. The van der Waals surface area contributed by atoms with Crippen LogP contribution in [-0.2, 0) is 0 Å². The van der Waals surface area contributed by atoms with Crippen molar-refractivity contribution in [3.63, 3.8) is 0 Å². The molecule has 0 N–H and O–H groups in total. The summed E-state index contributed by atoms with van der Waals surface area (Å²) in [5.74, 6) is 0. The van der Waals surface area contributed by atoms with Gasteiger partial charge in [-0.15, -0.1) is 0 Å². The molecular formula is C16H22ClN3. The monoisotopic (exact) mass is 291 g/mol. The first-order valence-electron chi connectivity index (χ1n) is 7.54. The third-order valence-electron chi connectivity index (χ3n) is 4.56. The molecule has 20 heavy (non-hydrogen) atoms. The van der Waals surface area contributed by atoms with Crippen molar-refractivity contribution in [1.29, 1.82) is 0 Å². The summed E-state index contributed by atoms with van der Waals surface area (Å²) in [6.07, 6.45) is 7.23. The molecule has 1 saturated heterocycles. The maximum Gasteiger partial charge on any atom is 0.129 e. The van der Waals surface area contributed by atoms with Gasteiger partial charge >= 0.3 is 0 Å². The van der Waals surface area contributed by atoms with Gasteiger partial charge in [-0.3, -0.25) is 4.90 Å². The fraction of sp³-hybridized carbons (Fsp3) is 0.562. The number of hydrogen-bond donors (Lipinski definition) is 0. The molecule has 0 spiro atoms. The van der Waals surface area contributed by atoms with Gasteiger partial charge in [0.1, 0.15) is 5.15 Å². The molecule has 1 aromatic heterocycles. The first kappa shape index (κ1) is 13.9. The minimum Gasteiger partial charge on any atom is -0.370 e. The number of pyridine rings is 1. The van der Waals surface area contributed by atoms with Gasteiger partial charge in [0.2, 0.25) is 0 Å². The Morgan fingerprint density at radius 3 is 2.65 bits per heavy atom. The molecule has 0 bridgehead atoms. The van der Waals surface area contributed by atoms with Gasteiger partial charge in [0.25, 0.3) is 0 Å². The van der Waals surface area contributed by atoms with Crippen LogP contribution in [0.2, 0.25) is 5.15 Å². The molecule has 0 aromatic carbocycles. The molecular weight excluding hydrogens is 270 g/mol. The Kier molecular flexibility index (Phi) is 4.27. The lowest BCUT2D eigenvalue weighted by Gasteiger charge is -2.36. The zero-order chi connectivity index (χ0) is 13.9. The van der Waals surface area contributed by atoms with E-state index in [0.717, 1.165) is 36.9 Å². The molecule has 0 unspecified atom stereocenters. The lowest BCUT2D eigenvalue weighted by Crippen LogP contribution is -2.42. The van der Waals surface area contributed by atoms with Crippen molar-refractivity contribution in [2.24, 2.45) is 0 Å². The third-order valence-corrected chi connectivity index (χ3v) is 4.79. The molecule has 0 radical (unpaired) electrons. The van der Waals surface area contributed by atoms with Gasteiger partial charge in [0.15, 0.2) is 0 Å². The normalized spacial score (nSPS) is 21.4. The molecule has 108 valence electrons. The van der Waals surface area contributed by atoms with Crippen LogP contribution in [0.3, 0.4) is 0 Å². The maximum atomic E-state index is 5.84. The third kappa shape index (κ3) is 2.99. The van der Waals surface area contributed by atoms with E-state index < -0.39 is 0 Å². The van der Waals surface area contributed by atoms with Crippen LogP contribution in [0.5, 0.6) is 0 Å². The van der Waals surface area contributed by atoms with Crippen molar-refractivity contribution < 1.29 is 0 Å². The minimum absolute atomic E-state index is 0.536. The van der Waals surface area contributed by atoms with Crippen molar-refractivity contribution in [2.45, 2.75) is 31.7 Å². The SMILES string of the molecule is C=C(c1ccc(Cl)nc1)N1CCCN(C2CCC2)CC1. The average Bonchev–Trinajstić information content (AvgIpc) is 2.63. The van der Waals surface area contributed by atoms with E-state index in [-0.39, 0.29) is 0 Å². The predicted octanol–water partition coefficient (Wildman–Crippen LogP) is 3.27. The van der Waals surface area contributed by atoms with E-state index in [1.54, 1.807) is 0 Å². The Hall–Kier alpha value is -1.06. The second-order valence-corrected chi connectivity index (χ2v) is 6.16. The van der Waals surface area contributed by atoms with Crippen LogP contribution in [0.4, 0.5) is 0 Å². The van der Waals surface area contributed by atoms with E-state index in [0.29, 0.717) is 5.15 Å². The summed E-state index contributed by atoms with van der Waals surface area (Å²) >= 11 is 5.84. The van der Waals surface area contributed by atoms with Gasteiger partial charge < -0.3 is 4.90 Å². The topological polar surface area (TPSA) is 19.4 Å². The molecule has 2 fully saturated rings. The second-order valence-electron chi connectivity index (χ2n) is 5.78. The van der Waals surface area contributed by atoms with Gasteiger partial charge in [-0.2, -0.15) is 0 Å². The highest BCUT2D eigenvalue weighted by Gasteiger charge is 2.26. The number of hydrogen-bond acceptors (Lipinski definition) is 3. The minimum atomic E-state index is 0.536. The number of rotatable bonds is 3. The van der Waals surface area contributed by atoms with E-state index in [1.165, 1.54) is 32.2 Å². The molecule has 4 heteroatoms. The highest BCUT2D eigenvalue weighted by Crippen LogP contribution is 2.27. The fourth-order valence-corrected chi connectivity index (χ4v) is 3.17. The van der Waals surface area contributed by atoms with Crippen molar-refractivity contribution in [2.75, 3.05) is 26.2 Å². The lowest BCUT2D eigenvalue weighted by molar-refractivity contribution is 0.133. The molecule has 0 amide bonds. The Morgan fingerprint density at radius 1 is 1.15 bits per heavy atom. The Bertz CT molecular complexity index is 467. The first-order chi connectivity index (χ1) is 9.74. The summed E-state index contributed by atoms with van der Waals surface area (Å²) in [7, 11) is 0. The number of halogens is 1. The quantitative estimate of drug-likeness (QED) is 0.797. The van der Waals surface area contributed by atoms with Gasteiger partial charge in [-0.1, -0.05) is 24.6 Å². The van der Waals surface area contributed by atoms with E-state index in [2.05, 4.69) is 21.4 Å². The Labute approximate surface area is 126 Å². The van der Waals surface area contributed by atoms with Gasteiger partial charge in [-0.05, 0) is 31.4 Å². The van der Waals surface area contributed by atoms with Crippen LogP contribution in [0, 0.1) is 0 Å². The van der Waals surface area contributed by atoms with Gasteiger partial charge in [0.05, 0.1) is 0 Å². The standard InChI is InChI=1S/C16H22ClN3/c1-13(14-6-7-16(17)18-12-14)19-8-3-9-20(11-10-19)15-4-2-5-15/h6-7,12,15H,1-5,8-11H2.